The number of nitrogens with one attached hydrogen (secondary N) is 2. The van der Waals surface area contributed by atoms with E-state index in [1.807, 2.05) is 26.8 Å². The summed E-state index contributed by atoms with van der Waals surface area (Å²) < 4.78 is 5.32. The number of aromatic nitrogens is 1. The zero-order valence-electron chi connectivity index (χ0n) is 13.7. The Hall–Kier alpha value is -1.62. The molecule has 0 fully saturated rings. The molecule has 1 aromatic heterocycles. The van der Waals surface area contributed by atoms with Crippen LogP contribution in [0.15, 0.2) is 12.1 Å². The van der Waals surface area contributed by atoms with Crippen molar-refractivity contribution in [1.82, 2.24) is 10.3 Å². The van der Waals surface area contributed by atoms with Crippen LogP contribution < -0.4 is 10.6 Å². The van der Waals surface area contributed by atoms with E-state index in [2.05, 4.69) is 29.5 Å². The third-order valence-electron chi connectivity index (χ3n) is 3.01. The number of ether oxygens (including phenoxy) is 1. The van der Waals surface area contributed by atoms with E-state index in [0.29, 0.717) is 18.8 Å². The highest BCUT2D eigenvalue weighted by Crippen LogP contribution is 2.17. The Bertz CT molecular complexity index is 461. The van der Waals surface area contributed by atoms with E-state index in [4.69, 9.17) is 4.74 Å². The zero-order valence-corrected chi connectivity index (χ0v) is 13.7. The topological polar surface area (TPSA) is 63.2 Å². The molecule has 0 aliphatic carbocycles. The number of carbonyl (C=O) groups excluding carboxylic acids is 1. The fraction of sp³-hybridized carbons (Fsp3) is 0.625. The number of hydrogen-bond donors (Lipinski definition) is 2. The molecular formula is C16H27N3O2. The van der Waals surface area contributed by atoms with Gasteiger partial charge in [0.05, 0.1) is 6.61 Å². The van der Waals surface area contributed by atoms with Crippen molar-refractivity contribution >= 4 is 11.7 Å². The highest BCUT2D eigenvalue weighted by molar-refractivity contribution is 5.95. The minimum atomic E-state index is -0.0920. The van der Waals surface area contributed by atoms with Crippen LogP contribution >= 0.6 is 0 Å². The monoisotopic (exact) mass is 293 g/mol. The standard InChI is InChI=1S/C16H27N3O2/c1-6-17-15-9-13(8-14(19-15)11(3)4)16(20)18-12(5)10-21-7-2/h8-9,11-12H,6-7,10H2,1-5H3,(H,17,19)(H,18,20). The summed E-state index contributed by atoms with van der Waals surface area (Å²) in [5, 5.41) is 6.12. The van der Waals surface area contributed by atoms with Crippen LogP contribution in [0.25, 0.3) is 0 Å². The van der Waals surface area contributed by atoms with Gasteiger partial charge in [0.1, 0.15) is 5.82 Å². The van der Waals surface area contributed by atoms with Crippen molar-refractivity contribution in [3.63, 3.8) is 0 Å². The predicted molar refractivity (Wildman–Crippen MR) is 85.9 cm³/mol. The summed E-state index contributed by atoms with van der Waals surface area (Å²) in [6.07, 6.45) is 0. The Morgan fingerprint density at radius 2 is 2.00 bits per heavy atom. The largest absolute Gasteiger partial charge is 0.380 e. The van der Waals surface area contributed by atoms with E-state index in [1.54, 1.807) is 6.07 Å². The van der Waals surface area contributed by atoms with E-state index in [0.717, 1.165) is 18.1 Å². The predicted octanol–water partition coefficient (Wildman–Crippen LogP) is 2.79. The summed E-state index contributed by atoms with van der Waals surface area (Å²) in [5.74, 6) is 0.924. The van der Waals surface area contributed by atoms with Gasteiger partial charge in [-0.15, -0.1) is 0 Å². The van der Waals surface area contributed by atoms with Crippen LogP contribution in [0.1, 0.15) is 56.6 Å². The van der Waals surface area contributed by atoms with Gasteiger partial charge in [-0.05, 0) is 38.8 Å². The van der Waals surface area contributed by atoms with Crippen LogP contribution in [0.5, 0.6) is 0 Å². The molecule has 0 aliphatic rings. The second kappa shape index (κ2) is 8.62. The molecule has 2 N–H and O–H groups in total. The molecular weight excluding hydrogens is 266 g/mol. The number of rotatable bonds is 8. The van der Waals surface area contributed by atoms with Gasteiger partial charge in [-0.25, -0.2) is 4.98 Å². The maximum atomic E-state index is 12.3. The number of carbonyl (C=O) groups is 1. The van der Waals surface area contributed by atoms with Crippen LogP contribution in [0.4, 0.5) is 5.82 Å². The van der Waals surface area contributed by atoms with Crippen LogP contribution in [-0.2, 0) is 4.74 Å². The molecule has 0 saturated heterocycles. The fourth-order valence-corrected chi connectivity index (χ4v) is 1.89. The molecule has 5 heteroatoms. The molecule has 118 valence electrons. The average molecular weight is 293 g/mol. The third kappa shape index (κ3) is 5.71. The van der Waals surface area contributed by atoms with Crippen LogP contribution in [0.3, 0.4) is 0 Å². The number of hydrogen-bond acceptors (Lipinski definition) is 4. The summed E-state index contributed by atoms with van der Waals surface area (Å²) >= 11 is 0. The van der Waals surface area contributed by atoms with Crippen molar-refractivity contribution in [3.05, 3.63) is 23.4 Å². The summed E-state index contributed by atoms with van der Waals surface area (Å²) in [6.45, 7) is 12.0. The van der Waals surface area contributed by atoms with Gasteiger partial charge in [0.25, 0.3) is 5.91 Å². The Kier molecular flexibility index (Phi) is 7.15. The van der Waals surface area contributed by atoms with Crippen molar-refractivity contribution in [2.24, 2.45) is 0 Å². The van der Waals surface area contributed by atoms with E-state index in [-0.39, 0.29) is 17.9 Å². The normalized spacial score (nSPS) is 12.3. The maximum absolute atomic E-state index is 12.3. The van der Waals surface area contributed by atoms with Crippen molar-refractivity contribution in [2.75, 3.05) is 25.1 Å². The molecule has 5 nitrogen and oxygen atoms in total. The average Bonchev–Trinajstić information content (AvgIpc) is 2.45. The molecule has 21 heavy (non-hydrogen) atoms. The molecule has 1 atom stereocenters. The SMILES string of the molecule is CCNc1cc(C(=O)NC(C)COCC)cc(C(C)C)n1. The zero-order chi connectivity index (χ0) is 15.8. The molecule has 1 amide bonds. The smallest absolute Gasteiger partial charge is 0.251 e. The summed E-state index contributed by atoms with van der Waals surface area (Å²) in [5.41, 5.74) is 1.55. The molecule has 0 aromatic carbocycles. The quantitative estimate of drug-likeness (QED) is 0.773. The Labute approximate surface area is 127 Å². The number of anilines is 1. The highest BCUT2D eigenvalue weighted by atomic mass is 16.5. The first kappa shape index (κ1) is 17.4. The Morgan fingerprint density at radius 3 is 2.57 bits per heavy atom. The van der Waals surface area contributed by atoms with Crippen molar-refractivity contribution in [1.29, 1.82) is 0 Å². The molecule has 0 bridgehead atoms. The molecule has 1 aromatic rings. The lowest BCUT2D eigenvalue weighted by atomic mass is 10.1. The van der Waals surface area contributed by atoms with E-state index < -0.39 is 0 Å². The van der Waals surface area contributed by atoms with E-state index in [9.17, 15) is 4.79 Å². The van der Waals surface area contributed by atoms with Crippen molar-refractivity contribution in [3.8, 4) is 0 Å². The highest BCUT2D eigenvalue weighted by Gasteiger charge is 2.14. The van der Waals surface area contributed by atoms with Crippen molar-refractivity contribution in [2.45, 2.75) is 46.6 Å². The van der Waals surface area contributed by atoms with Gasteiger partial charge in [0.15, 0.2) is 0 Å². The first-order chi connectivity index (χ1) is 9.97. The second-order valence-electron chi connectivity index (χ2n) is 5.38. The van der Waals surface area contributed by atoms with Crippen LogP contribution in [0.2, 0.25) is 0 Å². The van der Waals surface area contributed by atoms with Crippen LogP contribution in [0, 0.1) is 0 Å². The molecule has 1 unspecified atom stereocenters. The number of nitrogens with zero attached hydrogens (tertiary/aromatic N) is 1. The van der Waals surface area contributed by atoms with Gasteiger partial charge >= 0.3 is 0 Å². The molecule has 0 saturated carbocycles. The molecule has 0 aliphatic heterocycles. The Balaban J connectivity index is 2.86. The third-order valence-corrected chi connectivity index (χ3v) is 3.01. The van der Waals surface area contributed by atoms with E-state index in [1.165, 1.54) is 0 Å². The minimum Gasteiger partial charge on any atom is -0.380 e. The lowest BCUT2D eigenvalue weighted by Gasteiger charge is -2.15. The van der Waals surface area contributed by atoms with Gasteiger partial charge < -0.3 is 15.4 Å². The van der Waals surface area contributed by atoms with Gasteiger partial charge in [-0.3, -0.25) is 4.79 Å². The van der Waals surface area contributed by atoms with Gasteiger partial charge in [0.2, 0.25) is 0 Å². The lowest BCUT2D eigenvalue weighted by molar-refractivity contribution is 0.0872. The van der Waals surface area contributed by atoms with Gasteiger partial charge in [-0.2, -0.15) is 0 Å². The molecule has 0 spiro atoms. The lowest BCUT2D eigenvalue weighted by Crippen LogP contribution is -2.36. The first-order valence-electron chi connectivity index (χ1n) is 7.62. The van der Waals surface area contributed by atoms with Crippen molar-refractivity contribution < 1.29 is 9.53 Å². The van der Waals surface area contributed by atoms with E-state index >= 15 is 0 Å². The van der Waals surface area contributed by atoms with Gasteiger partial charge in [0, 0.05) is 30.5 Å². The number of amides is 1. The number of pyridine rings is 1. The first-order valence-corrected chi connectivity index (χ1v) is 7.62. The van der Waals surface area contributed by atoms with Gasteiger partial charge in [-0.1, -0.05) is 13.8 Å². The summed E-state index contributed by atoms with van der Waals surface area (Å²) in [6, 6.07) is 3.63. The summed E-state index contributed by atoms with van der Waals surface area (Å²) in [7, 11) is 0. The van der Waals surface area contributed by atoms with Crippen LogP contribution in [-0.4, -0.2) is 36.7 Å². The Morgan fingerprint density at radius 1 is 1.29 bits per heavy atom. The second-order valence-corrected chi connectivity index (χ2v) is 5.38. The molecule has 1 rings (SSSR count). The minimum absolute atomic E-state index is 0.0179. The molecule has 1 heterocycles. The summed E-state index contributed by atoms with van der Waals surface area (Å²) in [4.78, 5) is 16.8. The maximum Gasteiger partial charge on any atom is 0.251 e. The fourth-order valence-electron chi connectivity index (χ4n) is 1.89. The molecule has 0 radical (unpaired) electrons.